The molecule has 122 valence electrons. The summed E-state index contributed by atoms with van der Waals surface area (Å²) in [5.74, 6) is 0.639. The maximum Gasteiger partial charge on any atom is 0.0858 e. The van der Waals surface area contributed by atoms with Crippen molar-refractivity contribution in [1.82, 2.24) is 9.88 Å². The number of fused-ring (bicyclic) bond motifs is 1. The minimum atomic E-state index is 0.0702. The molecule has 1 aromatic carbocycles. The van der Waals surface area contributed by atoms with Crippen molar-refractivity contribution in [2.24, 2.45) is 10.7 Å². The number of hydrogen-bond acceptors (Lipinski definition) is 3. The third kappa shape index (κ3) is 2.88. The number of nitrogens with two attached hydrogens (primary N) is 1. The topological polar surface area (TPSA) is 57.4 Å². The van der Waals surface area contributed by atoms with E-state index in [9.17, 15) is 0 Å². The number of benzene rings is 1. The molecular formula is C19H26N4. The molecule has 2 aromatic rings. The lowest BCUT2D eigenvalue weighted by Crippen LogP contribution is -2.34. The van der Waals surface area contributed by atoms with Gasteiger partial charge in [0.2, 0.25) is 0 Å². The van der Waals surface area contributed by atoms with Gasteiger partial charge in [0.1, 0.15) is 0 Å². The van der Waals surface area contributed by atoms with Gasteiger partial charge in [-0.2, -0.15) is 0 Å². The summed E-state index contributed by atoms with van der Waals surface area (Å²) in [6.07, 6.45) is 7.50. The molecule has 2 heterocycles. The molecular weight excluding hydrogens is 284 g/mol. The molecule has 0 unspecified atom stereocenters. The molecule has 2 aliphatic rings. The molecule has 0 bridgehead atoms. The first-order chi connectivity index (χ1) is 11.0. The average Bonchev–Trinajstić information content (AvgIpc) is 3.04. The van der Waals surface area contributed by atoms with Crippen LogP contribution in [0.5, 0.6) is 0 Å². The molecule has 1 aliphatic heterocycles. The van der Waals surface area contributed by atoms with Gasteiger partial charge < -0.3 is 15.6 Å². The lowest BCUT2D eigenvalue weighted by Gasteiger charge is -2.32. The molecule has 4 rings (SSSR count). The van der Waals surface area contributed by atoms with Crippen LogP contribution in [0.1, 0.15) is 43.7 Å². The van der Waals surface area contributed by atoms with E-state index < -0.39 is 0 Å². The Morgan fingerprint density at radius 1 is 1.35 bits per heavy atom. The Bertz CT molecular complexity index is 737. The molecule has 23 heavy (non-hydrogen) atoms. The Kier molecular flexibility index (Phi) is 3.45. The van der Waals surface area contributed by atoms with Crippen molar-refractivity contribution in [3.05, 3.63) is 35.5 Å². The van der Waals surface area contributed by atoms with Gasteiger partial charge in [0.25, 0.3) is 0 Å². The first-order valence-electron chi connectivity index (χ1n) is 8.65. The third-order valence-corrected chi connectivity index (χ3v) is 5.24. The maximum absolute atomic E-state index is 5.96. The fraction of sp³-hybridized carbons (Fsp3) is 0.526. The van der Waals surface area contributed by atoms with Gasteiger partial charge in [-0.15, -0.1) is 0 Å². The van der Waals surface area contributed by atoms with Crippen LogP contribution in [0.3, 0.4) is 0 Å². The Balaban J connectivity index is 1.48. The normalized spacial score (nSPS) is 26.0. The summed E-state index contributed by atoms with van der Waals surface area (Å²) < 4.78 is 0. The molecule has 3 N–H and O–H groups in total. The van der Waals surface area contributed by atoms with E-state index in [0.29, 0.717) is 12.0 Å². The van der Waals surface area contributed by atoms with E-state index in [1.807, 2.05) is 6.34 Å². The molecule has 0 radical (unpaired) electrons. The standard InChI is InChI=1S/C19H26N4/c1-19(2)11-23(12-22-19)6-5-13-3-4-18-16(7-13)17(10-21-18)14-8-15(20)9-14/h3-4,7,10,12,14-15,21H,5-6,8-9,11,20H2,1-2H3. The van der Waals surface area contributed by atoms with Crippen LogP contribution < -0.4 is 5.73 Å². The molecule has 4 nitrogen and oxygen atoms in total. The van der Waals surface area contributed by atoms with Crippen molar-refractivity contribution >= 4 is 17.2 Å². The van der Waals surface area contributed by atoms with E-state index in [2.05, 4.69) is 53.1 Å². The minimum absolute atomic E-state index is 0.0702. The zero-order chi connectivity index (χ0) is 16.0. The van der Waals surface area contributed by atoms with Crippen molar-refractivity contribution in [3.8, 4) is 0 Å². The van der Waals surface area contributed by atoms with Crippen LogP contribution in [-0.2, 0) is 6.42 Å². The van der Waals surface area contributed by atoms with Gasteiger partial charge in [-0.25, -0.2) is 0 Å². The van der Waals surface area contributed by atoms with E-state index in [1.165, 1.54) is 22.0 Å². The molecule has 0 spiro atoms. The Hall–Kier alpha value is -1.81. The summed E-state index contributed by atoms with van der Waals surface area (Å²) in [6, 6.07) is 7.22. The average molecular weight is 310 g/mol. The van der Waals surface area contributed by atoms with E-state index in [0.717, 1.165) is 32.4 Å². The first-order valence-corrected chi connectivity index (χ1v) is 8.65. The summed E-state index contributed by atoms with van der Waals surface area (Å²) in [4.78, 5) is 10.3. The lowest BCUT2D eigenvalue weighted by molar-refractivity contribution is 0.353. The molecule has 0 amide bonds. The number of hydrogen-bond donors (Lipinski definition) is 2. The van der Waals surface area contributed by atoms with E-state index >= 15 is 0 Å². The number of nitrogens with zero attached hydrogens (tertiary/aromatic N) is 2. The van der Waals surface area contributed by atoms with Gasteiger partial charge in [-0.1, -0.05) is 6.07 Å². The van der Waals surface area contributed by atoms with Gasteiger partial charge in [0.15, 0.2) is 0 Å². The molecule has 1 aromatic heterocycles. The minimum Gasteiger partial charge on any atom is -0.361 e. The number of nitrogens with one attached hydrogen (secondary N) is 1. The molecule has 1 aliphatic carbocycles. The number of aromatic amines is 1. The van der Waals surface area contributed by atoms with Crippen LogP contribution in [-0.4, -0.2) is 40.9 Å². The van der Waals surface area contributed by atoms with Crippen molar-refractivity contribution in [2.45, 2.75) is 50.6 Å². The fourth-order valence-electron chi connectivity index (χ4n) is 3.82. The Labute approximate surface area is 137 Å². The zero-order valence-corrected chi connectivity index (χ0v) is 14.0. The second kappa shape index (κ2) is 5.38. The van der Waals surface area contributed by atoms with Gasteiger partial charge in [0.05, 0.1) is 11.9 Å². The molecule has 1 saturated carbocycles. The maximum atomic E-state index is 5.96. The quantitative estimate of drug-likeness (QED) is 0.912. The highest BCUT2D eigenvalue weighted by Gasteiger charge is 2.29. The highest BCUT2D eigenvalue weighted by atomic mass is 15.2. The van der Waals surface area contributed by atoms with Gasteiger partial charge in [-0.3, -0.25) is 4.99 Å². The molecule has 0 atom stereocenters. The van der Waals surface area contributed by atoms with Crippen LogP contribution in [0.4, 0.5) is 0 Å². The smallest absolute Gasteiger partial charge is 0.0858 e. The fourth-order valence-corrected chi connectivity index (χ4v) is 3.82. The predicted molar refractivity (Wildman–Crippen MR) is 96.1 cm³/mol. The van der Waals surface area contributed by atoms with E-state index in [1.54, 1.807) is 0 Å². The Morgan fingerprint density at radius 2 is 2.17 bits per heavy atom. The zero-order valence-electron chi connectivity index (χ0n) is 14.0. The lowest BCUT2D eigenvalue weighted by atomic mass is 9.76. The second-order valence-electron chi connectivity index (χ2n) is 7.83. The molecule has 4 heteroatoms. The molecule has 1 fully saturated rings. The molecule has 0 saturated heterocycles. The van der Waals surface area contributed by atoms with Gasteiger partial charge in [0, 0.05) is 36.2 Å². The van der Waals surface area contributed by atoms with Crippen molar-refractivity contribution in [2.75, 3.05) is 13.1 Å². The van der Waals surface area contributed by atoms with Crippen LogP contribution in [0.15, 0.2) is 29.4 Å². The van der Waals surface area contributed by atoms with E-state index in [-0.39, 0.29) is 5.54 Å². The van der Waals surface area contributed by atoms with Crippen LogP contribution >= 0.6 is 0 Å². The first kappa shape index (κ1) is 14.8. The van der Waals surface area contributed by atoms with E-state index in [4.69, 9.17) is 5.73 Å². The van der Waals surface area contributed by atoms with Gasteiger partial charge >= 0.3 is 0 Å². The highest BCUT2D eigenvalue weighted by molar-refractivity contribution is 5.84. The SMILES string of the molecule is CC1(C)CN(CCc2ccc3[nH]cc(C4CC(N)C4)c3c2)C=N1. The summed E-state index contributed by atoms with van der Waals surface area (Å²) in [5.41, 5.74) is 10.1. The number of aromatic nitrogens is 1. The van der Waals surface area contributed by atoms with Crippen molar-refractivity contribution < 1.29 is 0 Å². The Morgan fingerprint density at radius 3 is 2.87 bits per heavy atom. The summed E-state index contributed by atoms with van der Waals surface area (Å²) in [7, 11) is 0. The van der Waals surface area contributed by atoms with Crippen molar-refractivity contribution in [3.63, 3.8) is 0 Å². The number of aliphatic imine (C=N–C) groups is 1. The summed E-state index contributed by atoms with van der Waals surface area (Å²) in [6.45, 7) is 6.42. The second-order valence-corrected chi connectivity index (χ2v) is 7.83. The van der Waals surface area contributed by atoms with Crippen molar-refractivity contribution in [1.29, 1.82) is 0 Å². The predicted octanol–water partition coefficient (Wildman–Crippen LogP) is 3.04. The largest absolute Gasteiger partial charge is 0.361 e. The monoisotopic (exact) mass is 310 g/mol. The van der Waals surface area contributed by atoms with Crippen LogP contribution in [0.25, 0.3) is 10.9 Å². The summed E-state index contributed by atoms with van der Waals surface area (Å²) >= 11 is 0. The highest BCUT2D eigenvalue weighted by Crippen LogP contribution is 2.39. The number of H-pyrrole nitrogens is 1. The van der Waals surface area contributed by atoms with Gasteiger partial charge in [-0.05, 0) is 62.3 Å². The van der Waals surface area contributed by atoms with Crippen LogP contribution in [0, 0.1) is 0 Å². The summed E-state index contributed by atoms with van der Waals surface area (Å²) in [5, 5.41) is 1.38. The van der Waals surface area contributed by atoms with Crippen LogP contribution in [0.2, 0.25) is 0 Å². The third-order valence-electron chi connectivity index (χ3n) is 5.24. The number of rotatable bonds is 4.